The molecule has 124 valence electrons. The Morgan fingerprint density at radius 1 is 1.00 bits per heavy atom. The molecule has 0 fully saturated rings. The molecule has 1 heterocycles. The third-order valence-corrected chi connectivity index (χ3v) is 3.89. The van der Waals surface area contributed by atoms with Gasteiger partial charge in [0.25, 0.3) is 0 Å². The number of phenolic OH excluding ortho intramolecular Hbond substituents is 1. The summed E-state index contributed by atoms with van der Waals surface area (Å²) in [7, 11) is 3.06. The van der Waals surface area contributed by atoms with Crippen LogP contribution in [0.5, 0.6) is 17.2 Å². The second-order valence-electron chi connectivity index (χ2n) is 5.45. The molecule has 0 aliphatic rings. The second-order valence-corrected chi connectivity index (χ2v) is 5.45. The van der Waals surface area contributed by atoms with Crippen LogP contribution in [-0.2, 0) is 12.8 Å². The van der Waals surface area contributed by atoms with Gasteiger partial charge in [-0.2, -0.15) is 0 Å². The van der Waals surface area contributed by atoms with Gasteiger partial charge in [0.15, 0.2) is 16.9 Å². The van der Waals surface area contributed by atoms with E-state index in [-0.39, 0.29) is 11.2 Å². The van der Waals surface area contributed by atoms with Gasteiger partial charge in [-0.3, -0.25) is 4.79 Å². The smallest absolute Gasteiger partial charge is 0.193 e. The minimum Gasteiger partial charge on any atom is -0.504 e. The lowest BCUT2D eigenvalue weighted by Gasteiger charge is -2.07. The number of fused-ring (bicyclic) bond motifs is 1. The van der Waals surface area contributed by atoms with Crippen LogP contribution in [0.4, 0.5) is 0 Å². The van der Waals surface area contributed by atoms with Crippen LogP contribution in [-0.4, -0.2) is 19.3 Å². The fourth-order valence-electron chi connectivity index (χ4n) is 2.59. The Hall–Kier alpha value is -2.95. The molecule has 0 unspecified atom stereocenters. The summed E-state index contributed by atoms with van der Waals surface area (Å²) >= 11 is 0. The van der Waals surface area contributed by atoms with Crippen molar-refractivity contribution in [3.8, 4) is 17.2 Å². The summed E-state index contributed by atoms with van der Waals surface area (Å²) in [6.07, 6.45) is 1.20. The SMILES string of the molecule is COc1ccc2oc(CCc3ccc(OC)c(O)c3)cc(=O)c2c1. The van der Waals surface area contributed by atoms with Gasteiger partial charge < -0.3 is 19.0 Å². The Labute approximate surface area is 139 Å². The molecule has 0 atom stereocenters. The van der Waals surface area contributed by atoms with Crippen LogP contribution in [0.2, 0.25) is 0 Å². The van der Waals surface area contributed by atoms with Crippen LogP contribution in [0.3, 0.4) is 0 Å². The number of methoxy groups -OCH3 is 2. The van der Waals surface area contributed by atoms with Gasteiger partial charge in [-0.1, -0.05) is 6.07 Å². The van der Waals surface area contributed by atoms with Crippen molar-refractivity contribution in [2.45, 2.75) is 12.8 Å². The fourth-order valence-corrected chi connectivity index (χ4v) is 2.59. The van der Waals surface area contributed by atoms with E-state index in [2.05, 4.69) is 0 Å². The molecule has 0 saturated heterocycles. The lowest BCUT2D eigenvalue weighted by molar-refractivity contribution is 0.373. The lowest BCUT2D eigenvalue weighted by atomic mass is 10.1. The van der Waals surface area contributed by atoms with Crippen molar-refractivity contribution in [3.63, 3.8) is 0 Å². The third kappa shape index (κ3) is 3.20. The average Bonchev–Trinajstić information content (AvgIpc) is 2.60. The summed E-state index contributed by atoms with van der Waals surface area (Å²) in [4.78, 5) is 12.2. The molecule has 5 heteroatoms. The zero-order chi connectivity index (χ0) is 17.1. The molecule has 0 spiro atoms. The second kappa shape index (κ2) is 6.66. The van der Waals surface area contributed by atoms with E-state index in [0.29, 0.717) is 41.1 Å². The maximum Gasteiger partial charge on any atom is 0.193 e. The minimum atomic E-state index is -0.0947. The van der Waals surface area contributed by atoms with Crippen molar-refractivity contribution >= 4 is 11.0 Å². The van der Waals surface area contributed by atoms with E-state index in [0.717, 1.165) is 5.56 Å². The van der Waals surface area contributed by atoms with Crippen LogP contribution < -0.4 is 14.9 Å². The van der Waals surface area contributed by atoms with Crippen molar-refractivity contribution in [1.82, 2.24) is 0 Å². The van der Waals surface area contributed by atoms with Gasteiger partial charge in [-0.15, -0.1) is 0 Å². The molecule has 0 bridgehead atoms. The molecule has 24 heavy (non-hydrogen) atoms. The average molecular weight is 326 g/mol. The van der Waals surface area contributed by atoms with Crippen LogP contribution in [0, 0.1) is 0 Å². The van der Waals surface area contributed by atoms with E-state index in [1.165, 1.54) is 13.2 Å². The van der Waals surface area contributed by atoms with Gasteiger partial charge in [0.2, 0.25) is 0 Å². The monoisotopic (exact) mass is 326 g/mol. The standard InChI is InChI=1S/C19H18O5/c1-22-13-6-8-18-15(10-13)16(20)11-14(24-18)5-3-12-4-7-19(23-2)17(21)9-12/h4,6-11,21H,3,5H2,1-2H3. The zero-order valence-corrected chi connectivity index (χ0v) is 13.5. The van der Waals surface area contributed by atoms with Gasteiger partial charge in [0.1, 0.15) is 17.1 Å². The number of hydrogen-bond acceptors (Lipinski definition) is 5. The Morgan fingerprint density at radius 2 is 1.83 bits per heavy atom. The highest BCUT2D eigenvalue weighted by Gasteiger charge is 2.08. The Balaban J connectivity index is 1.83. The van der Waals surface area contributed by atoms with Crippen molar-refractivity contribution in [1.29, 1.82) is 0 Å². The Bertz CT molecular complexity index is 927. The van der Waals surface area contributed by atoms with E-state index in [1.54, 1.807) is 37.4 Å². The third-order valence-electron chi connectivity index (χ3n) is 3.89. The van der Waals surface area contributed by atoms with Crippen LogP contribution in [0.25, 0.3) is 11.0 Å². The fraction of sp³-hybridized carbons (Fsp3) is 0.211. The van der Waals surface area contributed by atoms with E-state index in [9.17, 15) is 9.90 Å². The lowest BCUT2D eigenvalue weighted by Crippen LogP contribution is -2.03. The van der Waals surface area contributed by atoms with Crippen molar-refractivity contribution in [2.75, 3.05) is 14.2 Å². The molecule has 0 saturated carbocycles. The summed E-state index contributed by atoms with van der Waals surface area (Å²) in [5.74, 6) is 1.76. The van der Waals surface area contributed by atoms with Crippen LogP contribution >= 0.6 is 0 Å². The largest absolute Gasteiger partial charge is 0.504 e. The normalized spacial score (nSPS) is 10.8. The van der Waals surface area contributed by atoms with Crippen LogP contribution in [0.15, 0.2) is 51.7 Å². The number of aromatic hydroxyl groups is 1. The van der Waals surface area contributed by atoms with E-state index >= 15 is 0 Å². The van der Waals surface area contributed by atoms with Crippen molar-refractivity contribution in [3.05, 3.63) is 64.0 Å². The number of ether oxygens (including phenoxy) is 2. The number of phenols is 1. The summed E-state index contributed by atoms with van der Waals surface area (Å²) in [6, 6.07) is 11.9. The first-order valence-corrected chi connectivity index (χ1v) is 7.57. The van der Waals surface area contributed by atoms with Gasteiger partial charge in [-0.05, 0) is 42.3 Å². The maximum absolute atomic E-state index is 12.2. The molecule has 0 radical (unpaired) electrons. The van der Waals surface area contributed by atoms with E-state index in [1.807, 2.05) is 6.07 Å². The van der Waals surface area contributed by atoms with Crippen molar-refractivity contribution in [2.24, 2.45) is 0 Å². The molecule has 0 amide bonds. The number of benzene rings is 2. The molecule has 0 aliphatic heterocycles. The molecule has 3 rings (SSSR count). The molecular formula is C19H18O5. The summed E-state index contributed by atoms with van der Waals surface area (Å²) in [5, 5.41) is 10.3. The summed E-state index contributed by atoms with van der Waals surface area (Å²) in [5.41, 5.74) is 1.38. The first-order chi connectivity index (χ1) is 11.6. The molecule has 2 aromatic carbocycles. The van der Waals surface area contributed by atoms with Gasteiger partial charge in [0, 0.05) is 12.5 Å². The van der Waals surface area contributed by atoms with Gasteiger partial charge >= 0.3 is 0 Å². The molecule has 3 aromatic rings. The molecular weight excluding hydrogens is 308 g/mol. The highest BCUT2D eigenvalue weighted by atomic mass is 16.5. The first-order valence-electron chi connectivity index (χ1n) is 7.57. The predicted molar refractivity (Wildman–Crippen MR) is 91.1 cm³/mol. The van der Waals surface area contributed by atoms with E-state index in [4.69, 9.17) is 13.9 Å². The van der Waals surface area contributed by atoms with E-state index < -0.39 is 0 Å². The van der Waals surface area contributed by atoms with Gasteiger partial charge in [-0.25, -0.2) is 0 Å². The minimum absolute atomic E-state index is 0.0947. The molecule has 5 nitrogen and oxygen atoms in total. The molecule has 1 aromatic heterocycles. The quantitative estimate of drug-likeness (QED) is 0.779. The Kier molecular flexibility index (Phi) is 4.42. The highest BCUT2D eigenvalue weighted by Crippen LogP contribution is 2.27. The number of aryl methyl sites for hydroxylation is 2. The van der Waals surface area contributed by atoms with Crippen LogP contribution in [0.1, 0.15) is 11.3 Å². The summed E-state index contributed by atoms with van der Waals surface area (Å²) < 4.78 is 16.0. The topological polar surface area (TPSA) is 68.9 Å². The zero-order valence-electron chi connectivity index (χ0n) is 13.5. The molecule has 0 aliphatic carbocycles. The summed E-state index contributed by atoms with van der Waals surface area (Å²) in [6.45, 7) is 0. The maximum atomic E-state index is 12.2. The van der Waals surface area contributed by atoms with Crippen molar-refractivity contribution < 1.29 is 19.0 Å². The number of hydrogen-bond donors (Lipinski definition) is 1. The first kappa shape index (κ1) is 15.9. The highest BCUT2D eigenvalue weighted by molar-refractivity contribution is 5.78. The van der Waals surface area contributed by atoms with Gasteiger partial charge in [0.05, 0.1) is 19.6 Å². The Morgan fingerprint density at radius 3 is 2.54 bits per heavy atom. The molecule has 1 N–H and O–H groups in total. The predicted octanol–water partition coefficient (Wildman–Crippen LogP) is 3.30. The number of rotatable bonds is 5.